The third kappa shape index (κ3) is 4.21. The fraction of sp³-hybridized carbons (Fsp3) is 0.333. The van der Waals surface area contributed by atoms with Gasteiger partial charge in [0, 0.05) is 48.8 Å². The minimum Gasteiger partial charge on any atom is -0.465 e. The normalized spacial score (nSPS) is 16.3. The standard InChI is InChI=1S/C24H27N5O2/c1-16-15-28(20-10-8-19(9-11-20)24(30)31-4)13-14-29(16)23-17(2)18(3)26-22(27-23)21-7-5-6-12-25-21/h5-12,16H,13-15H2,1-4H3. The number of carbonyl (C=O) groups excluding carboxylic acids is 1. The van der Waals surface area contributed by atoms with Gasteiger partial charge in [0.05, 0.1) is 12.7 Å². The van der Waals surface area contributed by atoms with Gasteiger partial charge in [-0.3, -0.25) is 4.98 Å². The van der Waals surface area contributed by atoms with Crippen LogP contribution in [0, 0.1) is 13.8 Å². The Morgan fingerprint density at radius 3 is 2.48 bits per heavy atom. The van der Waals surface area contributed by atoms with E-state index in [1.54, 1.807) is 6.20 Å². The maximum atomic E-state index is 11.7. The first-order valence-corrected chi connectivity index (χ1v) is 10.4. The number of aromatic nitrogens is 3. The Morgan fingerprint density at radius 2 is 1.84 bits per heavy atom. The van der Waals surface area contributed by atoms with E-state index in [9.17, 15) is 4.79 Å². The van der Waals surface area contributed by atoms with Gasteiger partial charge in [-0.2, -0.15) is 0 Å². The summed E-state index contributed by atoms with van der Waals surface area (Å²) < 4.78 is 4.79. The first kappa shape index (κ1) is 20.8. The maximum absolute atomic E-state index is 11.7. The minimum absolute atomic E-state index is 0.263. The number of aryl methyl sites for hydroxylation is 1. The Morgan fingerprint density at radius 1 is 1.06 bits per heavy atom. The first-order valence-electron chi connectivity index (χ1n) is 10.4. The molecular formula is C24H27N5O2. The molecule has 0 amide bonds. The molecule has 1 aromatic carbocycles. The molecule has 3 heterocycles. The number of esters is 1. The van der Waals surface area contributed by atoms with Crippen molar-refractivity contribution in [3.05, 3.63) is 65.5 Å². The number of hydrogen-bond acceptors (Lipinski definition) is 7. The second kappa shape index (κ2) is 8.71. The summed E-state index contributed by atoms with van der Waals surface area (Å²) in [5.74, 6) is 1.32. The van der Waals surface area contributed by atoms with Crippen molar-refractivity contribution in [3.63, 3.8) is 0 Å². The van der Waals surface area contributed by atoms with Crippen LogP contribution in [0.2, 0.25) is 0 Å². The lowest BCUT2D eigenvalue weighted by molar-refractivity contribution is 0.0600. The lowest BCUT2D eigenvalue weighted by atomic mass is 10.1. The van der Waals surface area contributed by atoms with Crippen molar-refractivity contribution in [2.24, 2.45) is 0 Å². The summed E-state index contributed by atoms with van der Waals surface area (Å²) in [6, 6.07) is 13.6. The van der Waals surface area contributed by atoms with Crippen molar-refractivity contribution in [1.82, 2.24) is 15.0 Å². The zero-order valence-electron chi connectivity index (χ0n) is 18.4. The summed E-state index contributed by atoms with van der Waals surface area (Å²) in [5, 5.41) is 0. The minimum atomic E-state index is -0.317. The molecule has 1 atom stereocenters. The zero-order chi connectivity index (χ0) is 22.0. The third-order valence-electron chi connectivity index (χ3n) is 5.81. The largest absolute Gasteiger partial charge is 0.465 e. The SMILES string of the molecule is COC(=O)c1ccc(N2CCN(c3nc(-c4ccccn4)nc(C)c3C)C(C)C2)cc1. The van der Waals surface area contributed by atoms with Gasteiger partial charge in [0.15, 0.2) is 5.82 Å². The van der Waals surface area contributed by atoms with Gasteiger partial charge in [-0.1, -0.05) is 6.07 Å². The molecule has 160 valence electrons. The molecule has 7 nitrogen and oxygen atoms in total. The van der Waals surface area contributed by atoms with Gasteiger partial charge in [0.1, 0.15) is 11.5 Å². The van der Waals surface area contributed by atoms with Crippen molar-refractivity contribution < 1.29 is 9.53 Å². The smallest absolute Gasteiger partial charge is 0.337 e. The first-order chi connectivity index (χ1) is 15.0. The van der Waals surface area contributed by atoms with Gasteiger partial charge in [0.25, 0.3) is 0 Å². The van der Waals surface area contributed by atoms with Crippen molar-refractivity contribution in [2.45, 2.75) is 26.8 Å². The van der Waals surface area contributed by atoms with E-state index < -0.39 is 0 Å². The molecule has 4 rings (SSSR count). The Balaban J connectivity index is 1.55. The van der Waals surface area contributed by atoms with E-state index in [0.717, 1.165) is 48.1 Å². The monoisotopic (exact) mass is 417 g/mol. The Kier molecular flexibility index (Phi) is 5.84. The van der Waals surface area contributed by atoms with E-state index in [2.05, 4.69) is 33.6 Å². The average molecular weight is 418 g/mol. The van der Waals surface area contributed by atoms with Crippen molar-refractivity contribution in [2.75, 3.05) is 36.5 Å². The summed E-state index contributed by atoms with van der Waals surface area (Å²) in [6.45, 7) is 8.89. The van der Waals surface area contributed by atoms with Gasteiger partial charge in [-0.25, -0.2) is 14.8 Å². The highest BCUT2D eigenvalue weighted by atomic mass is 16.5. The van der Waals surface area contributed by atoms with E-state index in [1.807, 2.05) is 49.4 Å². The fourth-order valence-electron chi connectivity index (χ4n) is 3.94. The number of pyridine rings is 1. The number of anilines is 2. The molecule has 7 heteroatoms. The van der Waals surface area contributed by atoms with Crippen molar-refractivity contribution in [1.29, 1.82) is 0 Å². The number of carbonyl (C=O) groups is 1. The molecule has 1 fully saturated rings. The summed E-state index contributed by atoms with van der Waals surface area (Å²) in [4.78, 5) is 30.4. The molecule has 3 aromatic rings. The summed E-state index contributed by atoms with van der Waals surface area (Å²) in [5.41, 5.74) is 4.51. The van der Waals surface area contributed by atoms with Crippen LogP contribution in [0.5, 0.6) is 0 Å². The maximum Gasteiger partial charge on any atom is 0.337 e. The van der Waals surface area contributed by atoms with Crippen LogP contribution in [-0.4, -0.2) is 53.7 Å². The van der Waals surface area contributed by atoms with Crippen LogP contribution >= 0.6 is 0 Å². The molecule has 0 bridgehead atoms. The van der Waals surface area contributed by atoms with E-state index in [4.69, 9.17) is 9.72 Å². The van der Waals surface area contributed by atoms with Crippen LogP contribution in [0.25, 0.3) is 11.5 Å². The van der Waals surface area contributed by atoms with Crippen LogP contribution in [0.15, 0.2) is 48.7 Å². The molecule has 1 saturated heterocycles. The lowest BCUT2D eigenvalue weighted by Crippen LogP contribution is -2.52. The molecule has 31 heavy (non-hydrogen) atoms. The van der Waals surface area contributed by atoms with Crippen LogP contribution in [0.4, 0.5) is 11.5 Å². The van der Waals surface area contributed by atoms with E-state index in [1.165, 1.54) is 7.11 Å². The van der Waals surface area contributed by atoms with Crippen LogP contribution < -0.4 is 9.80 Å². The highest BCUT2D eigenvalue weighted by Crippen LogP contribution is 2.28. The zero-order valence-corrected chi connectivity index (χ0v) is 18.4. The summed E-state index contributed by atoms with van der Waals surface area (Å²) in [6.07, 6.45) is 1.76. The quantitative estimate of drug-likeness (QED) is 0.600. The highest BCUT2D eigenvalue weighted by Gasteiger charge is 2.27. The molecule has 0 saturated carbocycles. The van der Waals surface area contributed by atoms with Crippen LogP contribution in [-0.2, 0) is 4.74 Å². The number of piperazine rings is 1. The third-order valence-corrected chi connectivity index (χ3v) is 5.81. The molecule has 2 aromatic heterocycles. The van der Waals surface area contributed by atoms with Gasteiger partial charge in [-0.15, -0.1) is 0 Å². The van der Waals surface area contributed by atoms with Gasteiger partial charge in [0.2, 0.25) is 0 Å². The topological polar surface area (TPSA) is 71.5 Å². The fourth-order valence-corrected chi connectivity index (χ4v) is 3.94. The van der Waals surface area contributed by atoms with Crippen molar-refractivity contribution >= 4 is 17.5 Å². The highest BCUT2D eigenvalue weighted by molar-refractivity contribution is 5.89. The van der Waals surface area contributed by atoms with Crippen LogP contribution in [0.3, 0.4) is 0 Å². The molecular weight excluding hydrogens is 390 g/mol. The van der Waals surface area contributed by atoms with E-state index in [-0.39, 0.29) is 12.0 Å². The van der Waals surface area contributed by atoms with E-state index in [0.29, 0.717) is 11.4 Å². The van der Waals surface area contributed by atoms with Gasteiger partial charge >= 0.3 is 5.97 Å². The molecule has 0 aliphatic carbocycles. The molecule has 1 unspecified atom stereocenters. The number of rotatable bonds is 4. The molecule has 0 N–H and O–H groups in total. The Hall–Kier alpha value is -3.48. The predicted octanol–water partition coefficient (Wildman–Crippen LogP) is 3.66. The van der Waals surface area contributed by atoms with Crippen molar-refractivity contribution in [3.8, 4) is 11.5 Å². The molecule has 0 spiro atoms. The Labute approximate surface area is 182 Å². The van der Waals surface area contributed by atoms with E-state index >= 15 is 0 Å². The van der Waals surface area contributed by atoms with Crippen LogP contribution in [0.1, 0.15) is 28.5 Å². The number of methoxy groups -OCH3 is 1. The van der Waals surface area contributed by atoms with Gasteiger partial charge < -0.3 is 14.5 Å². The second-order valence-corrected chi connectivity index (χ2v) is 7.82. The second-order valence-electron chi connectivity index (χ2n) is 7.82. The lowest BCUT2D eigenvalue weighted by Gasteiger charge is -2.42. The number of ether oxygens (including phenoxy) is 1. The predicted molar refractivity (Wildman–Crippen MR) is 122 cm³/mol. The van der Waals surface area contributed by atoms with Gasteiger partial charge in [-0.05, 0) is 57.2 Å². The Bertz CT molecular complexity index is 1070. The summed E-state index contributed by atoms with van der Waals surface area (Å²) in [7, 11) is 1.40. The number of benzene rings is 1. The molecule has 1 aliphatic heterocycles. The molecule has 1 aliphatic rings. The number of hydrogen-bond donors (Lipinski definition) is 0. The number of nitrogens with zero attached hydrogens (tertiary/aromatic N) is 5. The molecule has 0 radical (unpaired) electrons. The average Bonchev–Trinajstić information content (AvgIpc) is 2.81. The summed E-state index contributed by atoms with van der Waals surface area (Å²) >= 11 is 0.